The Morgan fingerprint density at radius 3 is 2.34 bits per heavy atom. The third-order valence-electron chi connectivity index (χ3n) is 4.58. The molecule has 166 valence electrons. The van der Waals surface area contributed by atoms with Gasteiger partial charge in [0.2, 0.25) is 5.91 Å². The van der Waals surface area contributed by atoms with Crippen LogP contribution in [-0.4, -0.2) is 27.2 Å². The molecule has 0 spiro atoms. The first-order valence-electron chi connectivity index (χ1n) is 9.65. The molecule has 0 aromatic heterocycles. The van der Waals surface area contributed by atoms with Crippen molar-refractivity contribution in [3.05, 3.63) is 82.9 Å². The molecule has 0 unspecified atom stereocenters. The lowest BCUT2D eigenvalue weighted by Gasteiger charge is -2.15. The van der Waals surface area contributed by atoms with Gasteiger partial charge in [0.15, 0.2) is 5.78 Å². The lowest BCUT2D eigenvalue weighted by atomic mass is 10.0. The zero-order valence-electron chi connectivity index (χ0n) is 17.4. The van der Waals surface area contributed by atoms with Crippen molar-refractivity contribution in [3.63, 3.8) is 0 Å². The second-order valence-electron chi connectivity index (χ2n) is 6.75. The summed E-state index contributed by atoms with van der Waals surface area (Å²) in [6, 6.07) is 16.9. The molecular formula is C23H21ClN2O5S. The van der Waals surface area contributed by atoms with Gasteiger partial charge in [-0.05, 0) is 36.4 Å². The first-order chi connectivity index (χ1) is 15.2. The number of sulfonamides is 1. The summed E-state index contributed by atoms with van der Waals surface area (Å²) in [7, 11) is -2.69. The molecule has 0 atom stereocenters. The van der Waals surface area contributed by atoms with Crippen molar-refractivity contribution >= 4 is 44.7 Å². The first kappa shape index (κ1) is 23.3. The van der Waals surface area contributed by atoms with Crippen molar-refractivity contribution < 1.29 is 22.7 Å². The van der Waals surface area contributed by atoms with Crippen molar-refractivity contribution in [2.75, 3.05) is 17.1 Å². The fourth-order valence-electron chi connectivity index (χ4n) is 2.93. The van der Waals surface area contributed by atoms with Gasteiger partial charge in [-0.1, -0.05) is 48.9 Å². The van der Waals surface area contributed by atoms with Crippen LogP contribution in [0, 0.1) is 0 Å². The average Bonchev–Trinajstić information content (AvgIpc) is 2.80. The van der Waals surface area contributed by atoms with Gasteiger partial charge in [0, 0.05) is 22.6 Å². The molecule has 1 amide bonds. The van der Waals surface area contributed by atoms with Gasteiger partial charge in [-0.2, -0.15) is 0 Å². The molecule has 3 rings (SSSR count). The van der Waals surface area contributed by atoms with E-state index in [-0.39, 0.29) is 39.9 Å². The minimum absolute atomic E-state index is 0.0817. The van der Waals surface area contributed by atoms with E-state index in [2.05, 4.69) is 10.0 Å². The monoisotopic (exact) mass is 472 g/mol. The van der Waals surface area contributed by atoms with Gasteiger partial charge in [-0.3, -0.25) is 14.3 Å². The lowest BCUT2D eigenvalue weighted by Crippen LogP contribution is -2.17. The van der Waals surface area contributed by atoms with Crippen LogP contribution >= 0.6 is 11.6 Å². The fraction of sp³-hybridized carbons (Fsp3) is 0.130. The van der Waals surface area contributed by atoms with Crippen LogP contribution in [0.4, 0.5) is 11.4 Å². The SMILES string of the molecule is CCC(=O)Nc1cc(S(=O)(=O)Nc2ccc(Cl)cc2C(=O)c2ccccc2)ccc1OC. The number of anilines is 2. The quantitative estimate of drug-likeness (QED) is 0.461. The number of rotatable bonds is 8. The largest absolute Gasteiger partial charge is 0.495 e. The summed E-state index contributed by atoms with van der Waals surface area (Å²) in [6.07, 6.45) is 0.216. The highest BCUT2D eigenvalue weighted by molar-refractivity contribution is 7.92. The van der Waals surface area contributed by atoms with E-state index >= 15 is 0 Å². The van der Waals surface area contributed by atoms with Crippen LogP contribution in [0.2, 0.25) is 5.02 Å². The van der Waals surface area contributed by atoms with Crippen molar-refractivity contribution in [1.82, 2.24) is 0 Å². The number of ether oxygens (including phenoxy) is 1. The number of halogens is 1. The number of amides is 1. The van der Waals surface area contributed by atoms with Crippen LogP contribution < -0.4 is 14.8 Å². The predicted octanol–water partition coefficient (Wildman–Crippen LogP) is 4.73. The molecule has 0 bridgehead atoms. The number of carbonyl (C=O) groups excluding carboxylic acids is 2. The predicted molar refractivity (Wildman–Crippen MR) is 124 cm³/mol. The minimum atomic E-state index is -4.11. The zero-order chi connectivity index (χ0) is 23.3. The highest BCUT2D eigenvalue weighted by atomic mass is 35.5. The molecule has 32 heavy (non-hydrogen) atoms. The van der Waals surface area contributed by atoms with Gasteiger partial charge in [-0.25, -0.2) is 8.42 Å². The van der Waals surface area contributed by atoms with Crippen molar-refractivity contribution in [2.24, 2.45) is 0 Å². The number of hydrogen-bond donors (Lipinski definition) is 2. The summed E-state index contributed by atoms with van der Waals surface area (Å²) >= 11 is 6.07. The molecule has 7 nitrogen and oxygen atoms in total. The molecular weight excluding hydrogens is 452 g/mol. The Morgan fingerprint density at radius 2 is 1.69 bits per heavy atom. The molecule has 3 aromatic carbocycles. The summed E-state index contributed by atoms with van der Waals surface area (Å²) in [5.41, 5.74) is 0.807. The van der Waals surface area contributed by atoms with Gasteiger partial charge < -0.3 is 10.1 Å². The average molecular weight is 473 g/mol. The number of ketones is 1. The van der Waals surface area contributed by atoms with Gasteiger partial charge in [0.05, 0.1) is 23.4 Å². The molecule has 0 saturated carbocycles. The summed E-state index contributed by atoms with van der Waals surface area (Å²) in [5.74, 6) is -0.354. The van der Waals surface area contributed by atoms with E-state index in [1.54, 1.807) is 37.3 Å². The Kier molecular flexibility index (Phi) is 7.17. The first-order valence-corrected chi connectivity index (χ1v) is 11.5. The summed E-state index contributed by atoms with van der Waals surface area (Å²) in [6.45, 7) is 1.68. The maximum Gasteiger partial charge on any atom is 0.261 e. The van der Waals surface area contributed by atoms with Crippen LogP contribution in [0.1, 0.15) is 29.3 Å². The smallest absolute Gasteiger partial charge is 0.261 e. The molecule has 0 aliphatic heterocycles. The van der Waals surface area contributed by atoms with Crippen molar-refractivity contribution in [2.45, 2.75) is 18.2 Å². The standard InChI is InChI=1S/C23H21ClN2O5S/c1-3-22(27)25-20-14-17(10-12-21(20)31-2)32(29,30)26-19-11-9-16(24)13-18(19)23(28)15-7-5-4-6-8-15/h4-14,26H,3H2,1-2H3,(H,25,27). The maximum atomic E-state index is 13.1. The van der Waals surface area contributed by atoms with E-state index in [0.29, 0.717) is 16.3 Å². The number of benzene rings is 3. The van der Waals surface area contributed by atoms with E-state index in [1.807, 2.05) is 0 Å². The van der Waals surface area contributed by atoms with Crippen LogP contribution in [0.15, 0.2) is 71.6 Å². The molecule has 0 aliphatic carbocycles. The van der Waals surface area contributed by atoms with E-state index in [1.165, 1.54) is 43.5 Å². The van der Waals surface area contributed by atoms with Gasteiger partial charge in [0.1, 0.15) is 5.75 Å². The van der Waals surface area contributed by atoms with E-state index in [0.717, 1.165) is 0 Å². The Balaban J connectivity index is 1.99. The third-order valence-corrected chi connectivity index (χ3v) is 6.18. The fourth-order valence-corrected chi connectivity index (χ4v) is 4.21. The lowest BCUT2D eigenvalue weighted by molar-refractivity contribution is -0.115. The Morgan fingerprint density at radius 1 is 0.969 bits per heavy atom. The number of methoxy groups -OCH3 is 1. The van der Waals surface area contributed by atoms with E-state index in [4.69, 9.17) is 16.3 Å². The molecule has 3 aromatic rings. The second-order valence-corrected chi connectivity index (χ2v) is 8.87. The summed E-state index contributed by atoms with van der Waals surface area (Å²) in [5, 5.41) is 2.91. The highest BCUT2D eigenvalue weighted by Crippen LogP contribution is 2.30. The zero-order valence-corrected chi connectivity index (χ0v) is 19.0. The Labute approximate surface area is 191 Å². The number of nitrogens with one attached hydrogen (secondary N) is 2. The van der Waals surface area contributed by atoms with E-state index < -0.39 is 10.0 Å². The van der Waals surface area contributed by atoms with Crippen LogP contribution in [0.5, 0.6) is 5.75 Å². The molecule has 0 radical (unpaired) electrons. The van der Waals surface area contributed by atoms with Crippen LogP contribution in [0.25, 0.3) is 0 Å². The molecule has 0 heterocycles. The van der Waals surface area contributed by atoms with Gasteiger partial charge in [-0.15, -0.1) is 0 Å². The second kappa shape index (κ2) is 9.84. The summed E-state index contributed by atoms with van der Waals surface area (Å²) in [4.78, 5) is 24.7. The number of hydrogen-bond acceptors (Lipinski definition) is 5. The minimum Gasteiger partial charge on any atom is -0.495 e. The van der Waals surface area contributed by atoms with Crippen molar-refractivity contribution in [3.8, 4) is 5.75 Å². The maximum absolute atomic E-state index is 13.1. The molecule has 0 saturated heterocycles. The Hall–Kier alpha value is -3.36. The Bertz CT molecular complexity index is 1260. The van der Waals surface area contributed by atoms with Crippen LogP contribution in [-0.2, 0) is 14.8 Å². The topological polar surface area (TPSA) is 102 Å². The highest BCUT2D eigenvalue weighted by Gasteiger charge is 2.22. The summed E-state index contributed by atoms with van der Waals surface area (Å²) < 4.78 is 33.8. The van der Waals surface area contributed by atoms with E-state index in [9.17, 15) is 18.0 Å². The third kappa shape index (κ3) is 5.27. The molecule has 9 heteroatoms. The number of carbonyl (C=O) groups is 2. The molecule has 0 fully saturated rings. The normalized spacial score (nSPS) is 11.0. The van der Waals surface area contributed by atoms with Gasteiger partial charge >= 0.3 is 0 Å². The van der Waals surface area contributed by atoms with Gasteiger partial charge in [0.25, 0.3) is 10.0 Å². The van der Waals surface area contributed by atoms with Crippen LogP contribution in [0.3, 0.4) is 0 Å². The molecule has 0 aliphatic rings. The van der Waals surface area contributed by atoms with Crippen molar-refractivity contribution in [1.29, 1.82) is 0 Å². The molecule has 2 N–H and O–H groups in total.